The van der Waals surface area contributed by atoms with Gasteiger partial charge < -0.3 is 0 Å². The molecule has 0 fully saturated rings. The van der Waals surface area contributed by atoms with E-state index in [9.17, 15) is 0 Å². The van der Waals surface area contributed by atoms with E-state index in [1.165, 1.54) is 16.8 Å². The fourth-order valence-electron chi connectivity index (χ4n) is 2.93. The predicted octanol–water partition coefficient (Wildman–Crippen LogP) is 3.01. The van der Waals surface area contributed by atoms with Crippen molar-refractivity contribution in [3.05, 3.63) is 51.4 Å². The largest absolute Gasteiger partial charge is 0.282 e. The summed E-state index contributed by atoms with van der Waals surface area (Å²) < 4.78 is 2.09. The second-order valence-electron chi connectivity index (χ2n) is 5.71. The average molecular weight is 324 g/mol. The van der Waals surface area contributed by atoms with E-state index in [-0.39, 0.29) is 0 Å². The number of aryl methyl sites for hydroxylation is 2. The second-order valence-corrected chi connectivity index (χ2v) is 6.09. The molecule has 1 aromatic carbocycles. The first-order chi connectivity index (χ1) is 11.2. The molecule has 0 aliphatic heterocycles. The Hall–Kier alpha value is -2.54. The topological polar surface area (TPSA) is 74.7 Å². The summed E-state index contributed by atoms with van der Waals surface area (Å²) >= 11 is 5.31. The van der Waals surface area contributed by atoms with Crippen molar-refractivity contribution in [2.24, 2.45) is 5.10 Å². The third-order valence-electron chi connectivity index (χ3n) is 4.03. The van der Waals surface area contributed by atoms with Gasteiger partial charge in [0.25, 0.3) is 0 Å². The molecule has 23 heavy (non-hydrogen) atoms. The molecule has 7 heteroatoms. The molecule has 0 atom stereocenters. The quantitative estimate of drug-likeness (QED) is 0.574. The lowest BCUT2D eigenvalue weighted by Crippen LogP contribution is -1.97. The first kappa shape index (κ1) is 14.1. The number of hydrogen-bond acceptors (Lipinski definition) is 4. The maximum Gasteiger partial charge on any atom is 0.216 e. The zero-order chi connectivity index (χ0) is 15.8. The van der Waals surface area contributed by atoms with Crippen LogP contribution in [0.25, 0.3) is 11.5 Å². The van der Waals surface area contributed by atoms with Crippen LogP contribution < -0.4 is 0 Å². The summed E-state index contributed by atoms with van der Waals surface area (Å²) in [7, 11) is 0. The van der Waals surface area contributed by atoms with Crippen molar-refractivity contribution in [1.29, 1.82) is 0 Å². The van der Waals surface area contributed by atoms with Crippen molar-refractivity contribution in [3.63, 3.8) is 0 Å². The summed E-state index contributed by atoms with van der Waals surface area (Å²) in [4.78, 5) is 0. The molecule has 0 spiro atoms. The van der Waals surface area contributed by atoms with Crippen LogP contribution in [0.1, 0.15) is 28.8 Å². The van der Waals surface area contributed by atoms with Crippen LogP contribution in [0.2, 0.25) is 0 Å². The molecule has 116 valence electrons. The molecular formula is C16H16N6S. The Morgan fingerprint density at radius 2 is 2.17 bits per heavy atom. The number of nitrogens with zero attached hydrogens (tertiary/aromatic N) is 4. The lowest BCUT2D eigenvalue weighted by Gasteiger charge is -2.00. The van der Waals surface area contributed by atoms with Crippen molar-refractivity contribution in [1.82, 2.24) is 25.1 Å². The summed E-state index contributed by atoms with van der Waals surface area (Å²) in [5.74, 6) is 0.651. The van der Waals surface area contributed by atoms with Gasteiger partial charge in [-0.1, -0.05) is 29.8 Å². The van der Waals surface area contributed by atoms with Crippen LogP contribution in [-0.4, -0.2) is 31.3 Å². The maximum atomic E-state index is 5.31. The van der Waals surface area contributed by atoms with Crippen molar-refractivity contribution < 1.29 is 0 Å². The van der Waals surface area contributed by atoms with Crippen LogP contribution in [-0.2, 0) is 12.8 Å². The Morgan fingerprint density at radius 1 is 1.26 bits per heavy atom. The van der Waals surface area contributed by atoms with Gasteiger partial charge in [0.1, 0.15) is 5.69 Å². The normalized spacial score (nSPS) is 13.8. The van der Waals surface area contributed by atoms with Gasteiger partial charge in [0, 0.05) is 11.3 Å². The number of hydrogen-bond donors (Lipinski definition) is 2. The van der Waals surface area contributed by atoms with Crippen LogP contribution in [0.3, 0.4) is 0 Å². The van der Waals surface area contributed by atoms with E-state index >= 15 is 0 Å². The highest BCUT2D eigenvalue weighted by molar-refractivity contribution is 7.71. The van der Waals surface area contributed by atoms with E-state index in [0.29, 0.717) is 10.6 Å². The molecule has 0 amide bonds. The number of rotatable bonds is 3. The third-order valence-corrected chi connectivity index (χ3v) is 4.30. The Labute approximate surface area is 138 Å². The third kappa shape index (κ3) is 2.53. The van der Waals surface area contributed by atoms with Gasteiger partial charge in [-0.25, -0.2) is 5.10 Å². The molecule has 2 N–H and O–H groups in total. The van der Waals surface area contributed by atoms with Gasteiger partial charge >= 0.3 is 0 Å². The van der Waals surface area contributed by atoms with E-state index in [1.807, 2.05) is 12.1 Å². The smallest absolute Gasteiger partial charge is 0.216 e. The SMILES string of the molecule is Cc1cccc(/C=N/n2c(-c3n[nH]c4c3CCC4)n[nH]c2=S)c1. The molecule has 2 heterocycles. The summed E-state index contributed by atoms with van der Waals surface area (Å²) in [6, 6.07) is 8.14. The Morgan fingerprint density at radius 3 is 3.04 bits per heavy atom. The van der Waals surface area contributed by atoms with Crippen molar-refractivity contribution in [3.8, 4) is 11.5 Å². The molecule has 4 rings (SSSR count). The fraction of sp³-hybridized carbons (Fsp3) is 0.250. The van der Waals surface area contributed by atoms with E-state index in [0.717, 1.165) is 30.5 Å². The molecule has 0 saturated carbocycles. The average Bonchev–Trinajstić information content (AvgIpc) is 3.21. The molecule has 0 saturated heterocycles. The molecule has 0 radical (unpaired) electrons. The molecule has 1 aliphatic rings. The maximum absolute atomic E-state index is 5.31. The van der Waals surface area contributed by atoms with Gasteiger partial charge in [0.15, 0.2) is 0 Å². The minimum absolute atomic E-state index is 0.457. The lowest BCUT2D eigenvalue weighted by atomic mass is 10.2. The number of fused-ring (bicyclic) bond motifs is 1. The molecule has 0 bridgehead atoms. The van der Waals surface area contributed by atoms with Crippen molar-refractivity contribution in [2.45, 2.75) is 26.2 Å². The van der Waals surface area contributed by atoms with E-state index < -0.39 is 0 Å². The highest BCUT2D eigenvalue weighted by atomic mass is 32.1. The first-order valence-corrected chi connectivity index (χ1v) is 7.98. The van der Waals surface area contributed by atoms with Gasteiger partial charge in [-0.05, 0) is 44.0 Å². The highest BCUT2D eigenvalue weighted by Crippen LogP contribution is 2.29. The zero-order valence-corrected chi connectivity index (χ0v) is 13.5. The Bertz CT molecular complexity index is 946. The standard InChI is InChI=1S/C16H16N6S/c1-10-4-2-5-11(8-10)9-17-22-15(20-21-16(22)23)14-12-6-3-7-13(12)18-19-14/h2,4-5,8-9H,3,6-7H2,1H3,(H,18,19)(H,21,23)/b17-9+. The molecule has 3 aromatic rings. The van der Waals surface area contributed by atoms with Gasteiger partial charge in [-0.15, -0.1) is 0 Å². The number of aromatic amines is 2. The van der Waals surface area contributed by atoms with E-state index in [2.05, 4.69) is 44.6 Å². The Kier molecular flexibility index (Phi) is 3.42. The van der Waals surface area contributed by atoms with Gasteiger partial charge in [-0.3, -0.25) is 5.10 Å². The number of nitrogens with one attached hydrogen (secondary N) is 2. The van der Waals surface area contributed by atoms with E-state index in [4.69, 9.17) is 12.2 Å². The number of benzene rings is 1. The van der Waals surface area contributed by atoms with Crippen LogP contribution in [0.15, 0.2) is 29.4 Å². The predicted molar refractivity (Wildman–Crippen MR) is 91.2 cm³/mol. The van der Waals surface area contributed by atoms with Crippen LogP contribution >= 0.6 is 12.2 Å². The molecule has 1 aliphatic carbocycles. The monoisotopic (exact) mass is 324 g/mol. The van der Waals surface area contributed by atoms with Crippen molar-refractivity contribution >= 4 is 18.4 Å². The molecule has 6 nitrogen and oxygen atoms in total. The number of aromatic nitrogens is 5. The minimum atomic E-state index is 0.457. The molecular weight excluding hydrogens is 308 g/mol. The van der Waals surface area contributed by atoms with Crippen LogP contribution in [0, 0.1) is 11.7 Å². The summed E-state index contributed by atoms with van der Waals surface area (Å²) in [5.41, 5.74) is 5.47. The Balaban J connectivity index is 1.75. The van der Waals surface area contributed by atoms with Crippen LogP contribution in [0.4, 0.5) is 0 Å². The van der Waals surface area contributed by atoms with E-state index in [1.54, 1.807) is 10.9 Å². The van der Waals surface area contributed by atoms with Gasteiger partial charge in [0.2, 0.25) is 10.6 Å². The first-order valence-electron chi connectivity index (χ1n) is 7.57. The highest BCUT2D eigenvalue weighted by Gasteiger charge is 2.23. The summed E-state index contributed by atoms with van der Waals surface area (Å²) in [6.07, 6.45) is 4.99. The number of H-pyrrole nitrogens is 2. The molecule has 0 unspecified atom stereocenters. The van der Waals surface area contributed by atoms with Crippen molar-refractivity contribution in [2.75, 3.05) is 0 Å². The summed E-state index contributed by atoms with van der Waals surface area (Å²) in [5, 5.41) is 19.1. The zero-order valence-electron chi connectivity index (χ0n) is 12.7. The van der Waals surface area contributed by atoms with Gasteiger partial charge in [-0.2, -0.15) is 20.0 Å². The van der Waals surface area contributed by atoms with Gasteiger partial charge in [0.05, 0.1) is 6.21 Å². The molecule has 2 aromatic heterocycles. The lowest BCUT2D eigenvalue weighted by molar-refractivity contribution is 0.844. The fourth-order valence-corrected chi connectivity index (χ4v) is 3.11. The summed E-state index contributed by atoms with van der Waals surface area (Å²) in [6.45, 7) is 2.05. The second kappa shape index (κ2) is 5.58. The van der Waals surface area contributed by atoms with Crippen LogP contribution in [0.5, 0.6) is 0 Å². The minimum Gasteiger partial charge on any atom is -0.282 e.